The van der Waals surface area contributed by atoms with Crippen LogP contribution >= 0.6 is 0 Å². The van der Waals surface area contributed by atoms with E-state index in [1.54, 1.807) is 7.11 Å². The van der Waals surface area contributed by atoms with E-state index in [9.17, 15) is 4.79 Å². The lowest BCUT2D eigenvalue weighted by Crippen LogP contribution is -2.28. The minimum Gasteiger partial charge on any atom is -0.496 e. The molecule has 0 aromatic heterocycles. The summed E-state index contributed by atoms with van der Waals surface area (Å²) >= 11 is 0. The molecule has 1 aliphatic rings. The highest BCUT2D eigenvalue weighted by Gasteiger charge is 2.24. The van der Waals surface area contributed by atoms with E-state index < -0.39 is 0 Å². The Morgan fingerprint density at radius 3 is 2.95 bits per heavy atom. The minimum atomic E-state index is 0.166. The van der Waals surface area contributed by atoms with Gasteiger partial charge in [0.2, 0.25) is 0 Å². The summed E-state index contributed by atoms with van der Waals surface area (Å²) in [6.07, 6.45) is 3.74. The number of ketones is 1. The summed E-state index contributed by atoms with van der Waals surface area (Å²) in [5.74, 6) is 1.63. The Bertz CT molecular complexity index is 470. The summed E-state index contributed by atoms with van der Waals surface area (Å²) in [6, 6.07) is 5.78. The highest BCUT2D eigenvalue weighted by Crippen LogP contribution is 2.24. The third-order valence-electron chi connectivity index (χ3n) is 4.09. The van der Waals surface area contributed by atoms with Crippen LogP contribution < -0.4 is 4.74 Å². The number of carbonyl (C=O) groups is 1. The lowest BCUT2D eigenvalue weighted by molar-refractivity contribution is 0.0940. The van der Waals surface area contributed by atoms with Gasteiger partial charge in [-0.2, -0.15) is 0 Å². The molecule has 3 heteroatoms. The summed E-state index contributed by atoms with van der Waals surface area (Å²) in [5.41, 5.74) is 1.82. The van der Waals surface area contributed by atoms with Gasteiger partial charge in [0.25, 0.3) is 0 Å². The predicted molar refractivity (Wildman–Crippen MR) is 81.5 cm³/mol. The molecule has 1 aliphatic heterocycles. The number of Topliss-reactive ketones (excluding diaryl/α,β-unsaturated/α-hetero) is 1. The lowest BCUT2D eigenvalue weighted by Gasteiger charge is -2.16. The van der Waals surface area contributed by atoms with Crippen molar-refractivity contribution in [2.45, 2.75) is 33.1 Å². The molecular weight excluding hydrogens is 250 g/mol. The molecule has 1 fully saturated rings. The highest BCUT2D eigenvalue weighted by atomic mass is 16.5. The average Bonchev–Trinajstić information content (AvgIpc) is 2.86. The van der Waals surface area contributed by atoms with Crippen LogP contribution in [0.4, 0.5) is 0 Å². The Morgan fingerprint density at radius 2 is 2.25 bits per heavy atom. The maximum Gasteiger partial charge on any atom is 0.180 e. The number of rotatable bonds is 6. The number of ether oxygens (including phenoxy) is 1. The van der Waals surface area contributed by atoms with Crippen LogP contribution in [0, 0.1) is 12.8 Å². The van der Waals surface area contributed by atoms with Crippen LogP contribution in [0.1, 0.15) is 42.1 Å². The Kier molecular flexibility index (Phi) is 5.18. The molecule has 1 saturated heterocycles. The van der Waals surface area contributed by atoms with Gasteiger partial charge in [-0.1, -0.05) is 19.4 Å². The number of hydrogen-bond acceptors (Lipinski definition) is 3. The molecule has 0 N–H and O–H groups in total. The van der Waals surface area contributed by atoms with Gasteiger partial charge in [-0.25, -0.2) is 0 Å². The quantitative estimate of drug-likeness (QED) is 0.746. The molecule has 0 spiro atoms. The van der Waals surface area contributed by atoms with Crippen molar-refractivity contribution in [2.75, 3.05) is 26.7 Å². The molecule has 1 aromatic carbocycles. The summed E-state index contributed by atoms with van der Waals surface area (Å²) < 4.78 is 5.33. The van der Waals surface area contributed by atoms with Crippen molar-refractivity contribution in [3.05, 3.63) is 29.3 Å². The standard InChI is InChI=1S/C17H25NO2/c1-4-5-14-8-9-18(11-14)12-16(19)15-7-6-13(2)10-17(15)20-3/h6-7,10,14H,4-5,8-9,11-12H2,1-3H3. The summed E-state index contributed by atoms with van der Waals surface area (Å²) in [7, 11) is 1.62. The van der Waals surface area contributed by atoms with Gasteiger partial charge in [0.05, 0.1) is 19.2 Å². The van der Waals surface area contributed by atoms with Gasteiger partial charge in [-0.15, -0.1) is 0 Å². The maximum absolute atomic E-state index is 12.4. The Hall–Kier alpha value is -1.35. The SMILES string of the molecule is CCCC1CCN(CC(=O)c2ccc(C)cc2OC)C1. The van der Waals surface area contributed by atoms with Gasteiger partial charge < -0.3 is 4.74 Å². The summed E-state index contributed by atoms with van der Waals surface area (Å²) in [4.78, 5) is 14.7. The third-order valence-corrected chi connectivity index (χ3v) is 4.09. The predicted octanol–water partition coefficient (Wildman–Crippen LogP) is 3.31. The van der Waals surface area contributed by atoms with Crippen LogP contribution in [0.5, 0.6) is 5.75 Å². The van der Waals surface area contributed by atoms with Crippen molar-refractivity contribution in [3.63, 3.8) is 0 Å². The fourth-order valence-corrected chi connectivity index (χ4v) is 3.02. The summed E-state index contributed by atoms with van der Waals surface area (Å²) in [6.45, 7) is 6.86. The van der Waals surface area contributed by atoms with Gasteiger partial charge in [-0.05, 0) is 49.9 Å². The number of hydrogen-bond donors (Lipinski definition) is 0. The van der Waals surface area contributed by atoms with E-state index in [1.807, 2.05) is 25.1 Å². The first-order chi connectivity index (χ1) is 9.63. The molecule has 0 amide bonds. The molecule has 0 saturated carbocycles. The van der Waals surface area contributed by atoms with Crippen LogP contribution in [-0.4, -0.2) is 37.4 Å². The molecule has 1 unspecified atom stereocenters. The van der Waals surface area contributed by atoms with Crippen molar-refractivity contribution in [1.29, 1.82) is 0 Å². The van der Waals surface area contributed by atoms with Crippen LogP contribution in [0.15, 0.2) is 18.2 Å². The zero-order valence-corrected chi connectivity index (χ0v) is 12.8. The number of likely N-dealkylation sites (tertiary alicyclic amines) is 1. The fraction of sp³-hybridized carbons (Fsp3) is 0.588. The zero-order chi connectivity index (χ0) is 14.5. The molecule has 2 rings (SSSR count). The second-order valence-corrected chi connectivity index (χ2v) is 5.81. The van der Waals surface area contributed by atoms with Crippen molar-refractivity contribution in [1.82, 2.24) is 4.90 Å². The van der Waals surface area contributed by atoms with Crippen molar-refractivity contribution < 1.29 is 9.53 Å². The van der Waals surface area contributed by atoms with Crippen molar-refractivity contribution in [2.24, 2.45) is 5.92 Å². The van der Waals surface area contributed by atoms with Gasteiger partial charge in [-0.3, -0.25) is 9.69 Å². The zero-order valence-electron chi connectivity index (χ0n) is 12.8. The molecule has 110 valence electrons. The van der Waals surface area contributed by atoms with E-state index in [1.165, 1.54) is 19.3 Å². The number of methoxy groups -OCH3 is 1. The molecule has 1 aromatic rings. The van der Waals surface area contributed by atoms with E-state index in [-0.39, 0.29) is 5.78 Å². The van der Waals surface area contributed by atoms with Gasteiger partial charge in [0, 0.05) is 6.54 Å². The minimum absolute atomic E-state index is 0.166. The largest absolute Gasteiger partial charge is 0.496 e. The van der Waals surface area contributed by atoms with E-state index in [2.05, 4.69) is 11.8 Å². The van der Waals surface area contributed by atoms with E-state index in [0.29, 0.717) is 17.9 Å². The van der Waals surface area contributed by atoms with Crippen molar-refractivity contribution >= 4 is 5.78 Å². The smallest absolute Gasteiger partial charge is 0.180 e. The maximum atomic E-state index is 12.4. The highest BCUT2D eigenvalue weighted by molar-refractivity contribution is 6.00. The first-order valence-corrected chi connectivity index (χ1v) is 7.54. The second-order valence-electron chi connectivity index (χ2n) is 5.81. The Morgan fingerprint density at radius 1 is 1.45 bits per heavy atom. The van der Waals surface area contributed by atoms with Gasteiger partial charge >= 0.3 is 0 Å². The monoisotopic (exact) mass is 275 g/mol. The number of carbonyl (C=O) groups excluding carboxylic acids is 1. The van der Waals surface area contributed by atoms with E-state index in [0.717, 1.165) is 24.6 Å². The van der Waals surface area contributed by atoms with Crippen LogP contribution in [0.3, 0.4) is 0 Å². The van der Waals surface area contributed by atoms with E-state index >= 15 is 0 Å². The Balaban J connectivity index is 1.99. The topological polar surface area (TPSA) is 29.5 Å². The van der Waals surface area contributed by atoms with Crippen molar-refractivity contribution in [3.8, 4) is 5.75 Å². The van der Waals surface area contributed by atoms with Crippen LogP contribution in [-0.2, 0) is 0 Å². The fourth-order valence-electron chi connectivity index (χ4n) is 3.02. The van der Waals surface area contributed by atoms with Crippen LogP contribution in [0.25, 0.3) is 0 Å². The summed E-state index contributed by atoms with van der Waals surface area (Å²) in [5, 5.41) is 0. The van der Waals surface area contributed by atoms with Gasteiger partial charge in [0.15, 0.2) is 5.78 Å². The van der Waals surface area contributed by atoms with Crippen LogP contribution in [0.2, 0.25) is 0 Å². The first-order valence-electron chi connectivity index (χ1n) is 7.54. The first kappa shape index (κ1) is 15.0. The van der Waals surface area contributed by atoms with E-state index in [4.69, 9.17) is 4.74 Å². The number of nitrogens with zero attached hydrogens (tertiary/aromatic N) is 1. The molecule has 0 aliphatic carbocycles. The third kappa shape index (κ3) is 3.60. The molecular formula is C17H25NO2. The second kappa shape index (κ2) is 6.89. The molecule has 1 heterocycles. The molecule has 3 nitrogen and oxygen atoms in total. The number of benzene rings is 1. The average molecular weight is 275 g/mol. The normalized spacial score (nSPS) is 19.2. The molecule has 1 atom stereocenters. The lowest BCUT2D eigenvalue weighted by atomic mass is 10.0. The molecule has 0 bridgehead atoms. The molecule has 0 radical (unpaired) electrons. The van der Waals surface area contributed by atoms with Gasteiger partial charge in [0.1, 0.15) is 5.75 Å². The number of aryl methyl sites for hydroxylation is 1. The molecule has 20 heavy (non-hydrogen) atoms. The Labute approximate surface area is 121 Å².